The van der Waals surface area contributed by atoms with Crippen LogP contribution in [0.1, 0.15) is 130 Å². The molecule has 0 N–H and O–H groups in total. The average molecular weight is 866 g/mol. The molecular weight excluding hydrogens is 802 g/mol. The van der Waals surface area contributed by atoms with E-state index in [4.69, 9.17) is 4.74 Å². The molecule has 11 rings (SSSR count). The van der Waals surface area contributed by atoms with E-state index in [1.54, 1.807) is 0 Å². The van der Waals surface area contributed by atoms with Crippen LogP contribution in [-0.2, 0) is 27.1 Å². The molecule has 332 valence electrons. The Balaban J connectivity index is 1.32. The number of hydrogen-bond acceptors (Lipinski definition) is 4. The number of para-hydroxylation sites is 2. The molecule has 5 heteroatoms. The monoisotopic (exact) mass is 866 g/mol. The van der Waals surface area contributed by atoms with E-state index in [-0.39, 0.29) is 33.9 Å². The Hall–Kier alpha value is -6.20. The molecule has 0 aromatic heterocycles. The fourth-order valence-corrected chi connectivity index (χ4v) is 11.2. The van der Waals surface area contributed by atoms with Gasteiger partial charge >= 0.3 is 6.85 Å². The number of rotatable bonds is 2. The first kappa shape index (κ1) is 42.4. The van der Waals surface area contributed by atoms with Crippen LogP contribution in [0.4, 0.5) is 45.5 Å². The summed E-state index contributed by atoms with van der Waals surface area (Å²) in [4.78, 5) is 7.77. The van der Waals surface area contributed by atoms with Gasteiger partial charge in [0.2, 0.25) is 0 Å². The van der Waals surface area contributed by atoms with Crippen LogP contribution in [-0.4, -0.2) is 6.85 Å². The van der Waals surface area contributed by atoms with Gasteiger partial charge in [-0.15, -0.1) is 0 Å². The summed E-state index contributed by atoms with van der Waals surface area (Å²) in [6, 6.07) is 51.1. The lowest BCUT2D eigenvalue weighted by atomic mass is 9.42. The maximum Gasteiger partial charge on any atom is 0.333 e. The molecule has 4 aliphatic rings. The van der Waals surface area contributed by atoms with Crippen molar-refractivity contribution in [3.63, 3.8) is 0 Å². The molecule has 4 heterocycles. The van der Waals surface area contributed by atoms with E-state index < -0.39 is 0 Å². The maximum atomic E-state index is 7.42. The van der Waals surface area contributed by atoms with Crippen LogP contribution in [0.3, 0.4) is 0 Å². The quantitative estimate of drug-likeness (QED) is 0.161. The fraction of sp³-hybridized carbons (Fsp3) is 0.311. The van der Waals surface area contributed by atoms with Gasteiger partial charge in [0.15, 0.2) is 5.75 Å². The standard InChI is InChI=1S/C61H64BN3O/c1-57(2,3)37-24-28-42(29-25-37)64-48-33-38(58(4,5)6)26-30-45(48)62-55-43(32-40(34-50(55)64)60(10,11)12)53-54-49(36-52-56(53)65(62)47-31-27-39(59(7,8)9)35-51(47)66-52)63(41-20-16-15-17-21-41)46-23-19-18-22-44(46)61(54,13)14/h15-36H,1-14H3. The largest absolute Gasteiger partial charge is 0.453 e. The third kappa shape index (κ3) is 6.25. The second-order valence-corrected chi connectivity index (χ2v) is 24.0. The molecule has 4 nitrogen and oxygen atoms in total. The molecule has 4 aliphatic heterocycles. The van der Waals surface area contributed by atoms with Gasteiger partial charge in [-0.1, -0.05) is 170 Å². The first-order valence-corrected chi connectivity index (χ1v) is 24.1. The van der Waals surface area contributed by atoms with E-state index in [0.717, 1.165) is 34.2 Å². The summed E-state index contributed by atoms with van der Waals surface area (Å²) in [6.07, 6.45) is 0. The molecule has 7 aromatic carbocycles. The Bertz CT molecular complexity index is 3140. The van der Waals surface area contributed by atoms with Crippen LogP contribution in [0.5, 0.6) is 11.5 Å². The van der Waals surface area contributed by atoms with Crippen molar-refractivity contribution < 1.29 is 4.74 Å². The van der Waals surface area contributed by atoms with E-state index in [1.165, 1.54) is 78.2 Å². The van der Waals surface area contributed by atoms with Crippen LogP contribution in [0.25, 0.3) is 11.1 Å². The number of ether oxygens (including phenoxy) is 1. The molecule has 0 amide bonds. The van der Waals surface area contributed by atoms with Crippen molar-refractivity contribution in [2.75, 3.05) is 14.6 Å². The zero-order valence-electron chi connectivity index (χ0n) is 41.5. The molecule has 0 bridgehead atoms. The maximum absolute atomic E-state index is 7.42. The molecule has 0 spiro atoms. The highest BCUT2D eigenvalue weighted by atomic mass is 16.5. The molecule has 0 fully saturated rings. The highest BCUT2D eigenvalue weighted by Gasteiger charge is 2.52. The third-order valence-corrected chi connectivity index (χ3v) is 15.0. The van der Waals surface area contributed by atoms with Crippen LogP contribution in [0.2, 0.25) is 0 Å². The van der Waals surface area contributed by atoms with Gasteiger partial charge in [0.1, 0.15) is 5.75 Å². The first-order chi connectivity index (χ1) is 31.0. The summed E-state index contributed by atoms with van der Waals surface area (Å²) in [5.41, 5.74) is 21.7. The number of anilines is 8. The van der Waals surface area contributed by atoms with E-state index >= 15 is 0 Å². The summed E-state index contributed by atoms with van der Waals surface area (Å²) in [6.45, 7) is 32.6. The molecule has 7 aromatic rings. The molecule has 0 saturated heterocycles. The summed E-state index contributed by atoms with van der Waals surface area (Å²) in [7, 11) is 0. The van der Waals surface area contributed by atoms with E-state index in [0.29, 0.717) is 0 Å². The predicted octanol–water partition coefficient (Wildman–Crippen LogP) is 15.8. The Morgan fingerprint density at radius 3 is 1.68 bits per heavy atom. The van der Waals surface area contributed by atoms with Crippen molar-refractivity contribution >= 4 is 63.3 Å². The fourth-order valence-electron chi connectivity index (χ4n) is 11.2. The third-order valence-electron chi connectivity index (χ3n) is 15.0. The SMILES string of the molecule is CC(C)(C)c1ccc(N2c3cc(C(C)(C)C)ccc3B3c4c(cc(C(C)(C)C)cc42)-c2c4c(cc5c2C(C)(C)c2ccccc2N5c2ccccc2)Oc2cc(C(C)(C)C)ccc2N34)cc1. The van der Waals surface area contributed by atoms with E-state index in [9.17, 15) is 0 Å². The zero-order valence-corrected chi connectivity index (χ0v) is 41.5. The molecule has 0 atom stereocenters. The minimum Gasteiger partial charge on any atom is -0.453 e. The van der Waals surface area contributed by atoms with Crippen molar-refractivity contribution in [2.45, 2.75) is 124 Å². The summed E-state index contributed by atoms with van der Waals surface area (Å²) < 4.78 is 7.42. The lowest BCUT2D eigenvalue weighted by molar-refractivity contribution is 0.473. The second-order valence-electron chi connectivity index (χ2n) is 24.0. The van der Waals surface area contributed by atoms with Crippen LogP contribution < -0.4 is 30.3 Å². The molecular formula is C61H64BN3O. The normalized spacial score (nSPS) is 15.5. The van der Waals surface area contributed by atoms with Gasteiger partial charge in [-0.05, 0) is 126 Å². The van der Waals surface area contributed by atoms with Crippen LogP contribution in [0.15, 0.2) is 133 Å². The van der Waals surface area contributed by atoms with Crippen molar-refractivity contribution in [2.24, 2.45) is 0 Å². The van der Waals surface area contributed by atoms with E-state index in [1.807, 2.05) is 0 Å². The smallest absolute Gasteiger partial charge is 0.333 e. The number of fused-ring (bicyclic) bond motifs is 9. The highest BCUT2D eigenvalue weighted by molar-refractivity contribution is 6.93. The summed E-state index contributed by atoms with van der Waals surface area (Å²) in [5, 5.41) is 0. The van der Waals surface area contributed by atoms with Gasteiger partial charge in [-0.2, -0.15) is 0 Å². The van der Waals surface area contributed by atoms with Gasteiger partial charge < -0.3 is 19.3 Å². The number of hydrogen-bond donors (Lipinski definition) is 0. The summed E-state index contributed by atoms with van der Waals surface area (Å²) >= 11 is 0. The second kappa shape index (κ2) is 13.9. The van der Waals surface area contributed by atoms with E-state index in [2.05, 4.69) is 245 Å². The van der Waals surface area contributed by atoms with Crippen molar-refractivity contribution in [3.8, 4) is 22.6 Å². The van der Waals surface area contributed by atoms with Gasteiger partial charge in [0, 0.05) is 39.8 Å². The minimum absolute atomic E-state index is 0.0320. The van der Waals surface area contributed by atoms with Gasteiger partial charge in [0.05, 0.1) is 22.7 Å². The first-order valence-electron chi connectivity index (χ1n) is 24.1. The van der Waals surface area contributed by atoms with Gasteiger partial charge in [-0.25, -0.2) is 0 Å². The van der Waals surface area contributed by atoms with Gasteiger partial charge in [0.25, 0.3) is 0 Å². The lowest BCUT2D eigenvalue weighted by Crippen LogP contribution is -2.62. The van der Waals surface area contributed by atoms with Crippen LogP contribution in [0, 0.1) is 0 Å². The van der Waals surface area contributed by atoms with Crippen molar-refractivity contribution in [1.82, 2.24) is 0 Å². The number of benzene rings is 7. The molecule has 66 heavy (non-hydrogen) atoms. The Morgan fingerprint density at radius 1 is 0.455 bits per heavy atom. The Labute approximate surface area is 394 Å². The summed E-state index contributed by atoms with van der Waals surface area (Å²) in [5.74, 6) is 1.78. The Morgan fingerprint density at radius 2 is 1.02 bits per heavy atom. The van der Waals surface area contributed by atoms with Crippen LogP contribution >= 0.6 is 0 Å². The minimum atomic E-state index is -0.377. The van der Waals surface area contributed by atoms with Gasteiger partial charge in [-0.3, -0.25) is 0 Å². The lowest BCUT2D eigenvalue weighted by Gasteiger charge is -2.51. The number of nitrogens with zero attached hydrogens (tertiary/aromatic N) is 3. The molecule has 0 aliphatic carbocycles. The van der Waals surface area contributed by atoms with Crippen molar-refractivity contribution in [3.05, 3.63) is 167 Å². The molecule has 0 unspecified atom stereocenters. The average Bonchev–Trinajstić information content (AvgIpc) is 3.25. The highest BCUT2D eigenvalue weighted by Crippen LogP contribution is 2.64. The predicted molar refractivity (Wildman–Crippen MR) is 282 cm³/mol. The zero-order chi connectivity index (χ0) is 46.6. The Kier molecular flexibility index (Phi) is 8.95. The topological polar surface area (TPSA) is 19.0 Å². The molecule has 0 radical (unpaired) electrons. The van der Waals surface area contributed by atoms with Crippen molar-refractivity contribution in [1.29, 1.82) is 0 Å². The molecule has 0 saturated carbocycles.